The van der Waals surface area contributed by atoms with Crippen molar-refractivity contribution in [2.24, 2.45) is 0 Å². The summed E-state index contributed by atoms with van der Waals surface area (Å²) in [4.78, 5) is 21.7. The standard InChI is InChI=1S/C17H23N3O2/c1-17(2,3)22-16(21)20-8-5-12(6-9-20)14-10-15-13(11-19-14)4-7-18-15/h4,7,10-12,18H,5-6,8-9H2,1-3H3. The number of H-pyrrole nitrogens is 1. The zero-order valence-corrected chi connectivity index (χ0v) is 13.4. The molecule has 2 aromatic rings. The third-order valence-corrected chi connectivity index (χ3v) is 4.02. The van der Waals surface area contributed by atoms with Crippen molar-refractivity contribution in [1.82, 2.24) is 14.9 Å². The average Bonchev–Trinajstić information content (AvgIpc) is 2.93. The van der Waals surface area contributed by atoms with Gasteiger partial charge in [0.05, 0.1) is 0 Å². The lowest BCUT2D eigenvalue weighted by Crippen LogP contribution is -2.41. The van der Waals surface area contributed by atoms with Gasteiger partial charge in [0, 0.05) is 48.0 Å². The van der Waals surface area contributed by atoms with E-state index in [4.69, 9.17) is 4.74 Å². The molecule has 118 valence electrons. The fourth-order valence-electron chi connectivity index (χ4n) is 2.87. The quantitative estimate of drug-likeness (QED) is 0.874. The number of amides is 1. The van der Waals surface area contributed by atoms with Crippen LogP contribution in [-0.2, 0) is 4.74 Å². The lowest BCUT2D eigenvalue weighted by atomic mass is 9.93. The number of likely N-dealkylation sites (tertiary alicyclic amines) is 1. The fraction of sp³-hybridized carbons (Fsp3) is 0.529. The fourth-order valence-corrected chi connectivity index (χ4v) is 2.87. The number of aromatic amines is 1. The second kappa shape index (κ2) is 5.63. The normalized spacial score (nSPS) is 17.0. The number of nitrogens with zero attached hydrogens (tertiary/aromatic N) is 2. The summed E-state index contributed by atoms with van der Waals surface area (Å²) < 4.78 is 5.43. The summed E-state index contributed by atoms with van der Waals surface area (Å²) in [5.74, 6) is 0.409. The van der Waals surface area contributed by atoms with Crippen molar-refractivity contribution >= 4 is 17.0 Å². The van der Waals surface area contributed by atoms with E-state index < -0.39 is 5.60 Å². The third-order valence-electron chi connectivity index (χ3n) is 4.02. The summed E-state index contributed by atoms with van der Waals surface area (Å²) in [7, 11) is 0. The van der Waals surface area contributed by atoms with Crippen LogP contribution in [0.3, 0.4) is 0 Å². The van der Waals surface area contributed by atoms with E-state index in [2.05, 4.69) is 16.0 Å². The number of rotatable bonds is 1. The molecule has 0 radical (unpaired) electrons. The molecule has 1 amide bonds. The van der Waals surface area contributed by atoms with Crippen molar-refractivity contribution < 1.29 is 9.53 Å². The van der Waals surface area contributed by atoms with Crippen molar-refractivity contribution in [1.29, 1.82) is 0 Å². The van der Waals surface area contributed by atoms with Gasteiger partial charge in [0.2, 0.25) is 0 Å². The summed E-state index contributed by atoms with van der Waals surface area (Å²) in [6.07, 6.45) is 5.50. The molecule has 22 heavy (non-hydrogen) atoms. The minimum Gasteiger partial charge on any atom is -0.444 e. The predicted molar refractivity (Wildman–Crippen MR) is 85.9 cm³/mol. The van der Waals surface area contributed by atoms with Gasteiger partial charge in [-0.3, -0.25) is 4.98 Å². The smallest absolute Gasteiger partial charge is 0.410 e. The number of carbonyl (C=O) groups excluding carboxylic acids is 1. The van der Waals surface area contributed by atoms with E-state index in [-0.39, 0.29) is 6.09 Å². The second-order valence-electron chi connectivity index (χ2n) is 6.92. The van der Waals surface area contributed by atoms with Crippen LogP contribution in [0.25, 0.3) is 10.9 Å². The van der Waals surface area contributed by atoms with E-state index >= 15 is 0 Å². The number of hydrogen-bond acceptors (Lipinski definition) is 3. The highest BCUT2D eigenvalue weighted by molar-refractivity contribution is 5.78. The Morgan fingerprint density at radius 2 is 2.09 bits per heavy atom. The molecule has 0 saturated carbocycles. The zero-order chi connectivity index (χ0) is 15.7. The molecule has 0 aromatic carbocycles. The van der Waals surface area contributed by atoms with Gasteiger partial charge in [0.25, 0.3) is 0 Å². The van der Waals surface area contributed by atoms with Crippen LogP contribution in [-0.4, -0.2) is 39.7 Å². The Balaban J connectivity index is 1.62. The van der Waals surface area contributed by atoms with Crippen molar-refractivity contribution in [3.05, 3.63) is 30.2 Å². The molecule has 1 aliphatic rings. The summed E-state index contributed by atoms with van der Waals surface area (Å²) >= 11 is 0. The molecule has 0 spiro atoms. The van der Waals surface area contributed by atoms with Gasteiger partial charge in [-0.15, -0.1) is 0 Å². The van der Waals surface area contributed by atoms with Crippen molar-refractivity contribution in [2.75, 3.05) is 13.1 Å². The van der Waals surface area contributed by atoms with E-state index in [0.29, 0.717) is 5.92 Å². The first-order valence-electron chi connectivity index (χ1n) is 7.83. The van der Waals surface area contributed by atoms with Gasteiger partial charge in [-0.05, 0) is 45.7 Å². The maximum Gasteiger partial charge on any atom is 0.410 e. The summed E-state index contributed by atoms with van der Waals surface area (Å²) in [5, 5.41) is 1.13. The molecule has 3 heterocycles. The lowest BCUT2D eigenvalue weighted by Gasteiger charge is -2.33. The number of pyridine rings is 1. The predicted octanol–water partition coefficient (Wildman–Crippen LogP) is 3.68. The van der Waals surface area contributed by atoms with E-state index in [9.17, 15) is 4.79 Å². The molecule has 0 bridgehead atoms. The summed E-state index contributed by atoms with van der Waals surface area (Å²) in [6.45, 7) is 7.14. The Morgan fingerprint density at radius 1 is 1.36 bits per heavy atom. The van der Waals surface area contributed by atoms with Gasteiger partial charge >= 0.3 is 6.09 Å². The molecule has 0 aliphatic carbocycles. The molecule has 1 N–H and O–H groups in total. The maximum atomic E-state index is 12.1. The van der Waals surface area contributed by atoms with Gasteiger partial charge in [0.15, 0.2) is 0 Å². The largest absolute Gasteiger partial charge is 0.444 e. The van der Waals surface area contributed by atoms with Crippen LogP contribution < -0.4 is 0 Å². The average molecular weight is 301 g/mol. The van der Waals surface area contributed by atoms with Crippen LogP contribution in [0.5, 0.6) is 0 Å². The Morgan fingerprint density at radius 3 is 2.77 bits per heavy atom. The zero-order valence-electron chi connectivity index (χ0n) is 13.4. The van der Waals surface area contributed by atoms with E-state index in [1.165, 1.54) is 0 Å². The Hall–Kier alpha value is -2.04. The topological polar surface area (TPSA) is 58.2 Å². The van der Waals surface area contributed by atoms with Gasteiger partial charge in [-0.1, -0.05) is 0 Å². The minimum absolute atomic E-state index is 0.210. The molecule has 5 heteroatoms. The van der Waals surface area contributed by atoms with Gasteiger partial charge in [0.1, 0.15) is 5.60 Å². The van der Waals surface area contributed by atoms with Crippen LogP contribution >= 0.6 is 0 Å². The molecular formula is C17H23N3O2. The summed E-state index contributed by atoms with van der Waals surface area (Å²) in [5.41, 5.74) is 1.80. The van der Waals surface area contributed by atoms with Crippen LogP contribution in [0.4, 0.5) is 4.79 Å². The van der Waals surface area contributed by atoms with Crippen molar-refractivity contribution in [3.63, 3.8) is 0 Å². The van der Waals surface area contributed by atoms with Gasteiger partial charge < -0.3 is 14.6 Å². The van der Waals surface area contributed by atoms with Gasteiger partial charge in [-0.2, -0.15) is 0 Å². The molecule has 3 rings (SSSR count). The highest BCUT2D eigenvalue weighted by Crippen LogP contribution is 2.28. The first-order chi connectivity index (χ1) is 10.4. The van der Waals surface area contributed by atoms with Crippen molar-refractivity contribution in [3.8, 4) is 0 Å². The first-order valence-corrected chi connectivity index (χ1v) is 7.83. The van der Waals surface area contributed by atoms with Crippen molar-refractivity contribution in [2.45, 2.75) is 45.1 Å². The minimum atomic E-state index is -0.436. The first kappa shape index (κ1) is 14.9. The Labute approximate surface area is 130 Å². The highest BCUT2D eigenvalue weighted by atomic mass is 16.6. The van der Waals surface area contributed by atoms with Crippen LogP contribution in [0.2, 0.25) is 0 Å². The van der Waals surface area contributed by atoms with E-state index in [1.54, 1.807) is 4.90 Å². The maximum absolute atomic E-state index is 12.1. The Bertz CT molecular complexity index is 664. The highest BCUT2D eigenvalue weighted by Gasteiger charge is 2.28. The molecule has 1 saturated heterocycles. The SMILES string of the molecule is CC(C)(C)OC(=O)N1CCC(c2cc3[nH]ccc3cn2)CC1. The number of nitrogens with one attached hydrogen (secondary N) is 1. The van der Waals surface area contributed by atoms with E-state index in [0.717, 1.165) is 42.5 Å². The molecular weight excluding hydrogens is 278 g/mol. The number of carbonyl (C=O) groups is 1. The number of hydrogen-bond donors (Lipinski definition) is 1. The summed E-state index contributed by atoms with van der Waals surface area (Å²) in [6, 6.07) is 4.15. The third kappa shape index (κ3) is 3.24. The lowest BCUT2D eigenvalue weighted by molar-refractivity contribution is 0.0204. The molecule has 1 fully saturated rings. The van der Waals surface area contributed by atoms with Crippen LogP contribution in [0.1, 0.15) is 45.2 Å². The number of aromatic nitrogens is 2. The van der Waals surface area contributed by atoms with Crippen LogP contribution in [0.15, 0.2) is 24.5 Å². The van der Waals surface area contributed by atoms with Gasteiger partial charge in [-0.25, -0.2) is 4.79 Å². The monoisotopic (exact) mass is 301 g/mol. The second-order valence-corrected chi connectivity index (χ2v) is 6.92. The molecule has 5 nitrogen and oxygen atoms in total. The number of piperidine rings is 1. The van der Waals surface area contributed by atoms with E-state index in [1.807, 2.05) is 39.2 Å². The molecule has 1 aliphatic heterocycles. The number of fused-ring (bicyclic) bond motifs is 1. The molecule has 2 aromatic heterocycles. The number of ether oxygens (including phenoxy) is 1. The molecule has 0 atom stereocenters. The molecule has 0 unspecified atom stereocenters. The Kier molecular flexibility index (Phi) is 3.81. The van der Waals surface area contributed by atoms with Crippen LogP contribution in [0, 0.1) is 0 Å².